The lowest BCUT2D eigenvalue weighted by Gasteiger charge is -2.22. The third-order valence-corrected chi connectivity index (χ3v) is 0.831. The van der Waals surface area contributed by atoms with Crippen molar-refractivity contribution in [3.63, 3.8) is 0 Å². The highest BCUT2D eigenvalue weighted by Gasteiger charge is 2.15. The van der Waals surface area contributed by atoms with E-state index >= 15 is 0 Å². The van der Waals surface area contributed by atoms with Gasteiger partial charge in [0.15, 0.2) is 5.85 Å². The molecule has 0 heterocycles. The van der Waals surface area contributed by atoms with E-state index in [1.807, 2.05) is 13.8 Å². The SMILES string of the molecule is C=CC(N)(O)NC(C)C. The molecule has 0 rings (SSSR count). The van der Waals surface area contributed by atoms with Gasteiger partial charge in [0.2, 0.25) is 0 Å². The van der Waals surface area contributed by atoms with Crippen molar-refractivity contribution in [2.45, 2.75) is 25.7 Å². The van der Waals surface area contributed by atoms with Gasteiger partial charge in [0.05, 0.1) is 0 Å². The molecule has 0 aromatic rings. The lowest BCUT2D eigenvalue weighted by atomic mass is 10.3. The smallest absolute Gasteiger partial charge is 0.189 e. The van der Waals surface area contributed by atoms with Gasteiger partial charge in [0.1, 0.15) is 0 Å². The zero-order valence-electron chi connectivity index (χ0n) is 5.89. The van der Waals surface area contributed by atoms with Crippen LogP contribution in [0.2, 0.25) is 0 Å². The Kier molecular flexibility index (Phi) is 2.84. The van der Waals surface area contributed by atoms with Gasteiger partial charge < -0.3 is 5.11 Å². The van der Waals surface area contributed by atoms with Gasteiger partial charge in [-0.1, -0.05) is 6.58 Å². The molecule has 0 aliphatic rings. The molecule has 0 amide bonds. The van der Waals surface area contributed by atoms with Crippen LogP contribution >= 0.6 is 0 Å². The molecule has 9 heavy (non-hydrogen) atoms. The van der Waals surface area contributed by atoms with Gasteiger partial charge >= 0.3 is 0 Å². The zero-order valence-corrected chi connectivity index (χ0v) is 5.89. The maximum absolute atomic E-state index is 9.04. The van der Waals surface area contributed by atoms with Gasteiger partial charge in [-0.15, -0.1) is 0 Å². The lowest BCUT2D eigenvalue weighted by molar-refractivity contribution is 0.0529. The summed E-state index contributed by atoms with van der Waals surface area (Å²) in [6.07, 6.45) is 1.26. The van der Waals surface area contributed by atoms with Crippen molar-refractivity contribution in [1.82, 2.24) is 5.32 Å². The molecule has 0 aromatic carbocycles. The van der Waals surface area contributed by atoms with E-state index in [0.717, 1.165) is 0 Å². The summed E-state index contributed by atoms with van der Waals surface area (Å²) in [5.41, 5.74) is 5.24. The molecule has 3 heteroatoms. The second kappa shape index (κ2) is 2.96. The number of hydrogen-bond acceptors (Lipinski definition) is 3. The Hall–Kier alpha value is -0.380. The maximum Gasteiger partial charge on any atom is 0.189 e. The quantitative estimate of drug-likeness (QED) is 0.365. The van der Waals surface area contributed by atoms with Crippen LogP contribution in [0.3, 0.4) is 0 Å². The summed E-state index contributed by atoms with van der Waals surface area (Å²) in [6.45, 7) is 7.13. The summed E-state index contributed by atoms with van der Waals surface area (Å²) in [6, 6.07) is 0.151. The van der Waals surface area contributed by atoms with Crippen LogP contribution in [0.25, 0.3) is 0 Å². The zero-order chi connectivity index (χ0) is 7.49. The first-order valence-corrected chi connectivity index (χ1v) is 2.90. The third-order valence-electron chi connectivity index (χ3n) is 0.831. The van der Waals surface area contributed by atoms with E-state index in [2.05, 4.69) is 11.9 Å². The molecule has 0 aliphatic heterocycles. The number of hydrogen-bond donors (Lipinski definition) is 3. The number of aliphatic hydroxyl groups is 1. The minimum absolute atomic E-state index is 0.151. The first-order chi connectivity index (χ1) is 3.98. The van der Waals surface area contributed by atoms with Gasteiger partial charge in [-0.2, -0.15) is 0 Å². The molecular weight excluding hydrogens is 116 g/mol. The Bertz CT molecular complexity index is 99.2. The van der Waals surface area contributed by atoms with Crippen molar-refractivity contribution in [3.05, 3.63) is 12.7 Å². The van der Waals surface area contributed by atoms with Gasteiger partial charge in [0.25, 0.3) is 0 Å². The van der Waals surface area contributed by atoms with E-state index in [9.17, 15) is 0 Å². The largest absolute Gasteiger partial charge is 0.360 e. The van der Waals surface area contributed by atoms with Gasteiger partial charge in [-0.05, 0) is 19.9 Å². The molecule has 0 aromatic heterocycles. The summed E-state index contributed by atoms with van der Waals surface area (Å²) in [4.78, 5) is 0. The van der Waals surface area contributed by atoms with Crippen molar-refractivity contribution in [1.29, 1.82) is 0 Å². The summed E-state index contributed by atoms with van der Waals surface area (Å²) in [5, 5.41) is 11.7. The Morgan fingerprint density at radius 3 is 2.33 bits per heavy atom. The molecule has 0 fully saturated rings. The van der Waals surface area contributed by atoms with Crippen LogP contribution in [0.5, 0.6) is 0 Å². The lowest BCUT2D eigenvalue weighted by Crippen LogP contribution is -2.54. The molecule has 54 valence electrons. The second-order valence-corrected chi connectivity index (χ2v) is 2.33. The van der Waals surface area contributed by atoms with E-state index in [4.69, 9.17) is 10.8 Å². The highest BCUT2D eigenvalue weighted by molar-refractivity contribution is 4.88. The molecular formula is C6H14N2O. The number of nitrogens with two attached hydrogens (primary N) is 1. The first-order valence-electron chi connectivity index (χ1n) is 2.90. The van der Waals surface area contributed by atoms with Gasteiger partial charge in [-0.3, -0.25) is 11.1 Å². The standard InChI is InChI=1S/C6H14N2O/c1-4-6(7,9)8-5(2)3/h4-5,8-9H,1,7H2,2-3H3. The minimum atomic E-state index is -1.42. The van der Waals surface area contributed by atoms with Crippen LogP contribution in [0.4, 0.5) is 0 Å². The molecule has 0 spiro atoms. The number of rotatable bonds is 3. The van der Waals surface area contributed by atoms with Crippen LogP contribution in [0.15, 0.2) is 12.7 Å². The Morgan fingerprint density at radius 2 is 2.22 bits per heavy atom. The predicted molar refractivity (Wildman–Crippen MR) is 37.6 cm³/mol. The topological polar surface area (TPSA) is 58.3 Å². The van der Waals surface area contributed by atoms with Crippen molar-refractivity contribution < 1.29 is 5.11 Å². The molecule has 3 nitrogen and oxygen atoms in total. The average Bonchev–Trinajstić information content (AvgIpc) is 1.63. The number of nitrogens with one attached hydrogen (secondary N) is 1. The molecule has 0 radical (unpaired) electrons. The van der Waals surface area contributed by atoms with Crippen LogP contribution in [-0.2, 0) is 0 Å². The van der Waals surface area contributed by atoms with Crippen LogP contribution in [-0.4, -0.2) is 17.0 Å². The average molecular weight is 130 g/mol. The molecule has 0 bridgehead atoms. The van der Waals surface area contributed by atoms with E-state index in [1.54, 1.807) is 0 Å². The fraction of sp³-hybridized carbons (Fsp3) is 0.667. The third kappa shape index (κ3) is 4.14. The van der Waals surface area contributed by atoms with Crippen molar-refractivity contribution >= 4 is 0 Å². The summed E-state index contributed by atoms with van der Waals surface area (Å²) < 4.78 is 0. The van der Waals surface area contributed by atoms with Crippen LogP contribution < -0.4 is 11.1 Å². The van der Waals surface area contributed by atoms with Crippen LogP contribution in [0.1, 0.15) is 13.8 Å². The highest BCUT2D eigenvalue weighted by atomic mass is 16.3. The van der Waals surface area contributed by atoms with Gasteiger partial charge in [-0.25, -0.2) is 0 Å². The van der Waals surface area contributed by atoms with Crippen molar-refractivity contribution in [2.24, 2.45) is 5.73 Å². The molecule has 1 atom stereocenters. The summed E-state index contributed by atoms with van der Waals surface area (Å²) in [5.74, 6) is -1.42. The predicted octanol–water partition coefficient (Wildman–Crippen LogP) is -0.225. The molecule has 0 saturated carbocycles. The van der Waals surface area contributed by atoms with E-state index in [-0.39, 0.29) is 6.04 Å². The first kappa shape index (κ1) is 8.62. The highest BCUT2D eigenvalue weighted by Crippen LogP contribution is 1.91. The maximum atomic E-state index is 9.04. The molecule has 4 N–H and O–H groups in total. The van der Waals surface area contributed by atoms with Gasteiger partial charge in [0, 0.05) is 6.04 Å². The minimum Gasteiger partial charge on any atom is -0.360 e. The van der Waals surface area contributed by atoms with Crippen molar-refractivity contribution in [3.8, 4) is 0 Å². The molecule has 0 saturated heterocycles. The van der Waals surface area contributed by atoms with E-state index in [0.29, 0.717) is 0 Å². The summed E-state index contributed by atoms with van der Waals surface area (Å²) in [7, 11) is 0. The Balaban J connectivity index is 3.71. The fourth-order valence-corrected chi connectivity index (χ4v) is 0.521. The Labute approximate surface area is 55.6 Å². The molecule has 1 unspecified atom stereocenters. The second-order valence-electron chi connectivity index (χ2n) is 2.33. The van der Waals surface area contributed by atoms with Crippen LogP contribution in [0, 0.1) is 0 Å². The molecule has 0 aliphatic carbocycles. The van der Waals surface area contributed by atoms with E-state index < -0.39 is 5.85 Å². The Morgan fingerprint density at radius 1 is 1.78 bits per heavy atom. The van der Waals surface area contributed by atoms with E-state index in [1.165, 1.54) is 6.08 Å². The normalized spacial score (nSPS) is 17.4. The fourth-order valence-electron chi connectivity index (χ4n) is 0.521. The summed E-state index contributed by atoms with van der Waals surface area (Å²) >= 11 is 0. The monoisotopic (exact) mass is 130 g/mol. The van der Waals surface area contributed by atoms with Crippen molar-refractivity contribution in [2.75, 3.05) is 0 Å².